The number of hydrogen-bond donors (Lipinski definition) is 0. The molecule has 0 radical (unpaired) electrons. The standard InChI is InChI=1S/C10H15NSe/c1-10(2,3)12-8-9-6-4-5-7-11-9/h4-7H,8H2,1-3H3. The topological polar surface area (TPSA) is 12.9 Å². The molecule has 1 nitrogen and oxygen atoms in total. The summed E-state index contributed by atoms with van der Waals surface area (Å²) in [5.41, 5.74) is 1.23. The minimum atomic E-state index is 0.477. The van der Waals surface area contributed by atoms with E-state index in [1.165, 1.54) is 5.69 Å². The van der Waals surface area contributed by atoms with E-state index >= 15 is 0 Å². The first-order valence-electron chi connectivity index (χ1n) is 4.12. The van der Waals surface area contributed by atoms with Crippen molar-refractivity contribution in [3.8, 4) is 0 Å². The number of hydrogen-bond acceptors (Lipinski definition) is 1. The van der Waals surface area contributed by atoms with Gasteiger partial charge in [-0.1, -0.05) is 0 Å². The first kappa shape index (κ1) is 9.76. The van der Waals surface area contributed by atoms with Crippen LogP contribution in [-0.4, -0.2) is 19.9 Å². The van der Waals surface area contributed by atoms with Crippen LogP contribution in [0.4, 0.5) is 0 Å². The van der Waals surface area contributed by atoms with Gasteiger partial charge in [0.1, 0.15) is 0 Å². The van der Waals surface area contributed by atoms with Gasteiger partial charge in [-0.15, -0.1) is 0 Å². The fraction of sp³-hybridized carbons (Fsp3) is 0.500. The van der Waals surface area contributed by atoms with E-state index < -0.39 is 0 Å². The van der Waals surface area contributed by atoms with E-state index in [-0.39, 0.29) is 0 Å². The molecule has 0 aromatic carbocycles. The Bertz CT molecular complexity index is 225. The monoisotopic (exact) mass is 229 g/mol. The number of rotatable bonds is 2. The molecule has 1 aromatic rings. The third-order valence-electron chi connectivity index (χ3n) is 1.38. The number of aromatic nitrogens is 1. The van der Waals surface area contributed by atoms with E-state index in [0.29, 0.717) is 19.3 Å². The quantitative estimate of drug-likeness (QED) is 0.709. The zero-order valence-corrected chi connectivity index (χ0v) is 9.59. The van der Waals surface area contributed by atoms with Gasteiger partial charge in [-0.2, -0.15) is 0 Å². The summed E-state index contributed by atoms with van der Waals surface area (Å²) in [6.45, 7) is 6.86. The van der Waals surface area contributed by atoms with E-state index in [0.717, 1.165) is 5.32 Å². The minimum absolute atomic E-state index is 0.477. The molecule has 12 heavy (non-hydrogen) atoms. The van der Waals surface area contributed by atoms with E-state index in [1.54, 1.807) is 0 Å². The second-order valence-corrected chi connectivity index (χ2v) is 7.50. The summed E-state index contributed by atoms with van der Waals surface area (Å²) in [5, 5.41) is 1.15. The Hall–Kier alpha value is -0.331. The van der Waals surface area contributed by atoms with E-state index in [4.69, 9.17) is 0 Å². The van der Waals surface area contributed by atoms with Crippen molar-refractivity contribution in [1.29, 1.82) is 0 Å². The molecule has 1 aromatic heterocycles. The van der Waals surface area contributed by atoms with Crippen LogP contribution in [0.15, 0.2) is 24.4 Å². The summed E-state index contributed by atoms with van der Waals surface area (Å²) >= 11 is 0.654. The maximum atomic E-state index is 4.30. The predicted octanol–water partition coefficient (Wildman–Crippen LogP) is 2.50. The zero-order valence-electron chi connectivity index (χ0n) is 7.87. The molecular formula is C10H15NSe. The molecule has 0 N–H and O–H groups in total. The third kappa shape index (κ3) is 3.89. The summed E-state index contributed by atoms with van der Waals surface area (Å²) in [6.07, 6.45) is 1.87. The summed E-state index contributed by atoms with van der Waals surface area (Å²) < 4.78 is 0.477. The Kier molecular flexibility index (Phi) is 3.30. The molecule has 0 fully saturated rings. The SMILES string of the molecule is CC(C)(C)[Se]Cc1ccccn1. The van der Waals surface area contributed by atoms with Gasteiger partial charge in [0.05, 0.1) is 0 Å². The maximum absolute atomic E-state index is 4.30. The van der Waals surface area contributed by atoms with Crippen molar-refractivity contribution in [3.63, 3.8) is 0 Å². The number of nitrogens with zero attached hydrogens (tertiary/aromatic N) is 1. The average Bonchev–Trinajstić information content (AvgIpc) is 2.02. The van der Waals surface area contributed by atoms with Crippen molar-refractivity contribution >= 4 is 15.0 Å². The Morgan fingerprint density at radius 3 is 2.58 bits per heavy atom. The van der Waals surface area contributed by atoms with Gasteiger partial charge < -0.3 is 0 Å². The van der Waals surface area contributed by atoms with Gasteiger partial charge in [0.25, 0.3) is 0 Å². The summed E-state index contributed by atoms with van der Waals surface area (Å²) in [6, 6.07) is 6.13. The first-order valence-corrected chi connectivity index (χ1v) is 6.18. The van der Waals surface area contributed by atoms with Crippen molar-refractivity contribution in [1.82, 2.24) is 4.98 Å². The van der Waals surface area contributed by atoms with Crippen molar-refractivity contribution in [2.24, 2.45) is 0 Å². The summed E-state index contributed by atoms with van der Waals surface area (Å²) in [4.78, 5) is 4.30. The van der Waals surface area contributed by atoms with Gasteiger partial charge in [0.15, 0.2) is 0 Å². The Balaban J connectivity index is 2.44. The average molecular weight is 228 g/mol. The molecule has 66 valence electrons. The van der Waals surface area contributed by atoms with Crippen LogP contribution < -0.4 is 0 Å². The molecule has 2 heteroatoms. The van der Waals surface area contributed by atoms with Gasteiger partial charge in [-0.25, -0.2) is 0 Å². The fourth-order valence-electron chi connectivity index (χ4n) is 0.774. The molecule has 0 saturated heterocycles. The van der Waals surface area contributed by atoms with E-state index in [1.807, 2.05) is 12.3 Å². The van der Waals surface area contributed by atoms with Gasteiger partial charge in [0.2, 0.25) is 0 Å². The number of pyridine rings is 1. The van der Waals surface area contributed by atoms with Crippen LogP contribution in [0.3, 0.4) is 0 Å². The van der Waals surface area contributed by atoms with Crippen molar-refractivity contribution in [2.45, 2.75) is 30.4 Å². The summed E-state index contributed by atoms with van der Waals surface area (Å²) in [5.74, 6) is 0. The van der Waals surface area contributed by atoms with Crippen LogP contribution in [0.25, 0.3) is 0 Å². The van der Waals surface area contributed by atoms with Crippen molar-refractivity contribution < 1.29 is 0 Å². The molecule has 0 unspecified atom stereocenters. The van der Waals surface area contributed by atoms with E-state index in [2.05, 4.69) is 37.9 Å². The van der Waals surface area contributed by atoms with Crippen molar-refractivity contribution in [2.75, 3.05) is 0 Å². The second kappa shape index (κ2) is 4.06. The van der Waals surface area contributed by atoms with Crippen LogP contribution in [0, 0.1) is 0 Å². The molecule has 0 aliphatic heterocycles. The zero-order chi connectivity index (χ0) is 9.03. The van der Waals surface area contributed by atoms with Crippen LogP contribution >= 0.6 is 0 Å². The molecule has 0 aliphatic carbocycles. The molecule has 1 rings (SSSR count). The van der Waals surface area contributed by atoms with E-state index in [9.17, 15) is 0 Å². The normalized spacial score (nSPS) is 11.6. The molecule has 0 amide bonds. The molecule has 1 heterocycles. The Morgan fingerprint density at radius 1 is 1.33 bits per heavy atom. The van der Waals surface area contributed by atoms with Crippen LogP contribution in [0.1, 0.15) is 26.5 Å². The summed E-state index contributed by atoms with van der Waals surface area (Å²) in [7, 11) is 0. The van der Waals surface area contributed by atoms with Gasteiger partial charge in [-0.3, -0.25) is 0 Å². The predicted molar refractivity (Wildman–Crippen MR) is 53.4 cm³/mol. The molecule has 0 bridgehead atoms. The molecule has 0 aliphatic rings. The van der Waals surface area contributed by atoms with Gasteiger partial charge in [-0.05, 0) is 0 Å². The van der Waals surface area contributed by atoms with Crippen molar-refractivity contribution in [3.05, 3.63) is 30.1 Å². The first-order chi connectivity index (χ1) is 5.58. The van der Waals surface area contributed by atoms with Crippen LogP contribution in [0.2, 0.25) is 4.31 Å². The third-order valence-corrected chi connectivity index (χ3v) is 4.12. The van der Waals surface area contributed by atoms with Crippen LogP contribution in [-0.2, 0) is 5.32 Å². The molecule has 0 atom stereocenters. The molecule has 0 saturated carbocycles. The van der Waals surface area contributed by atoms with Gasteiger partial charge >= 0.3 is 80.4 Å². The van der Waals surface area contributed by atoms with Crippen LogP contribution in [0.5, 0.6) is 0 Å². The second-order valence-electron chi connectivity index (χ2n) is 3.72. The molecular weight excluding hydrogens is 213 g/mol. The van der Waals surface area contributed by atoms with Gasteiger partial charge in [0, 0.05) is 0 Å². The molecule has 0 spiro atoms. The Labute approximate surface area is 80.8 Å². The fourth-order valence-corrected chi connectivity index (χ4v) is 2.35. The Morgan fingerprint density at radius 2 is 2.08 bits per heavy atom.